The molecular formula is C19H13Cl3N2O2. The van der Waals surface area contributed by atoms with E-state index in [2.05, 4.69) is 5.32 Å². The summed E-state index contributed by atoms with van der Waals surface area (Å²) in [6.45, 7) is 0.229. The van der Waals surface area contributed by atoms with E-state index in [0.717, 1.165) is 5.56 Å². The summed E-state index contributed by atoms with van der Waals surface area (Å²) >= 11 is 18.0. The molecule has 0 bridgehead atoms. The lowest BCUT2D eigenvalue weighted by Gasteiger charge is -2.10. The van der Waals surface area contributed by atoms with E-state index in [0.29, 0.717) is 26.3 Å². The fourth-order valence-corrected chi connectivity index (χ4v) is 3.05. The van der Waals surface area contributed by atoms with Crippen LogP contribution in [0.2, 0.25) is 15.1 Å². The predicted molar refractivity (Wildman–Crippen MR) is 106 cm³/mol. The molecular weight excluding hydrogens is 395 g/mol. The van der Waals surface area contributed by atoms with E-state index in [4.69, 9.17) is 34.8 Å². The van der Waals surface area contributed by atoms with E-state index in [9.17, 15) is 9.59 Å². The third-order valence-electron chi connectivity index (χ3n) is 3.68. The second-order valence-electron chi connectivity index (χ2n) is 5.58. The van der Waals surface area contributed by atoms with Crippen molar-refractivity contribution in [2.45, 2.75) is 6.54 Å². The average Bonchev–Trinajstić information content (AvgIpc) is 2.59. The smallest absolute Gasteiger partial charge is 0.257 e. The number of nitrogens with one attached hydrogen (secondary N) is 1. The number of halogens is 3. The molecule has 0 aliphatic rings. The molecule has 0 fully saturated rings. The first-order chi connectivity index (χ1) is 12.4. The van der Waals surface area contributed by atoms with Gasteiger partial charge in [-0.15, -0.1) is 0 Å². The number of nitrogens with zero attached hydrogens (tertiary/aromatic N) is 1. The zero-order valence-electron chi connectivity index (χ0n) is 13.4. The molecule has 0 saturated heterocycles. The molecule has 4 nitrogen and oxygen atoms in total. The van der Waals surface area contributed by atoms with Crippen LogP contribution in [0, 0.1) is 0 Å². The first-order valence-electron chi connectivity index (χ1n) is 7.64. The van der Waals surface area contributed by atoms with Gasteiger partial charge in [-0.1, -0.05) is 46.9 Å². The molecule has 1 aromatic heterocycles. The van der Waals surface area contributed by atoms with Crippen LogP contribution in [0.3, 0.4) is 0 Å². The molecule has 0 atom stereocenters. The van der Waals surface area contributed by atoms with Crippen molar-refractivity contribution in [3.8, 4) is 0 Å². The van der Waals surface area contributed by atoms with Gasteiger partial charge in [-0.05, 0) is 42.0 Å². The van der Waals surface area contributed by atoms with Crippen molar-refractivity contribution in [1.82, 2.24) is 4.57 Å². The van der Waals surface area contributed by atoms with Crippen LogP contribution in [0.15, 0.2) is 65.6 Å². The lowest BCUT2D eigenvalue weighted by Crippen LogP contribution is -2.22. The van der Waals surface area contributed by atoms with Gasteiger partial charge in [0.05, 0.1) is 12.1 Å². The maximum atomic E-state index is 12.4. The van der Waals surface area contributed by atoms with Gasteiger partial charge in [0.15, 0.2) is 0 Å². The standard InChI is InChI=1S/C19H13Cl3N2O2/c20-14-2-1-3-16(8-14)23-19(26)13-5-7-18(25)24(11-13)10-12-4-6-15(21)9-17(12)22/h1-9,11H,10H2,(H,23,26). The summed E-state index contributed by atoms with van der Waals surface area (Å²) in [4.78, 5) is 24.6. The van der Waals surface area contributed by atoms with Gasteiger partial charge in [0.25, 0.3) is 11.5 Å². The highest BCUT2D eigenvalue weighted by molar-refractivity contribution is 6.35. The Balaban J connectivity index is 1.85. The van der Waals surface area contributed by atoms with Crippen LogP contribution in [0.5, 0.6) is 0 Å². The molecule has 0 spiro atoms. The van der Waals surface area contributed by atoms with Crippen LogP contribution in [-0.2, 0) is 6.54 Å². The van der Waals surface area contributed by atoms with Crippen LogP contribution in [0.1, 0.15) is 15.9 Å². The van der Waals surface area contributed by atoms with Gasteiger partial charge in [0.1, 0.15) is 0 Å². The van der Waals surface area contributed by atoms with E-state index in [-0.39, 0.29) is 18.0 Å². The Morgan fingerprint density at radius 1 is 0.962 bits per heavy atom. The highest BCUT2D eigenvalue weighted by Crippen LogP contribution is 2.21. The Labute approximate surface area is 164 Å². The number of hydrogen-bond acceptors (Lipinski definition) is 2. The molecule has 0 saturated carbocycles. The van der Waals surface area contributed by atoms with Crippen LogP contribution in [0.25, 0.3) is 0 Å². The Morgan fingerprint density at radius 3 is 2.46 bits per heavy atom. The van der Waals surface area contributed by atoms with Gasteiger partial charge in [0.2, 0.25) is 0 Å². The van der Waals surface area contributed by atoms with Gasteiger partial charge in [-0.2, -0.15) is 0 Å². The molecule has 1 heterocycles. The normalized spacial score (nSPS) is 10.6. The van der Waals surface area contributed by atoms with Crippen molar-refractivity contribution >= 4 is 46.4 Å². The van der Waals surface area contributed by atoms with E-state index in [1.54, 1.807) is 42.5 Å². The summed E-state index contributed by atoms with van der Waals surface area (Å²) in [5.41, 5.74) is 1.40. The van der Waals surface area contributed by atoms with Crippen molar-refractivity contribution in [3.63, 3.8) is 0 Å². The van der Waals surface area contributed by atoms with Crippen LogP contribution in [-0.4, -0.2) is 10.5 Å². The monoisotopic (exact) mass is 406 g/mol. The van der Waals surface area contributed by atoms with Crippen molar-refractivity contribution in [1.29, 1.82) is 0 Å². The minimum absolute atomic E-state index is 0.229. The lowest BCUT2D eigenvalue weighted by atomic mass is 10.2. The molecule has 2 aromatic carbocycles. The minimum atomic E-state index is -0.344. The van der Waals surface area contributed by atoms with E-state index < -0.39 is 0 Å². The van der Waals surface area contributed by atoms with Crippen molar-refractivity contribution in [2.75, 3.05) is 5.32 Å². The largest absolute Gasteiger partial charge is 0.322 e. The Morgan fingerprint density at radius 2 is 1.73 bits per heavy atom. The highest BCUT2D eigenvalue weighted by Gasteiger charge is 2.10. The fraction of sp³-hybridized carbons (Fsp3) is 0.0526. The maximum Gasteiger partial charge on any atom is 0.257 e. The number of rotatable bonds is 4. The molecule has 0 aliphatic heterocycles. The van der Waals surface area contributed by atoms with Gasteiger partial charge < -0.3 is 9.88 Å². The van der Waals surface area contributed by atoms with Crippen LogP contribution in [0.4, 0.5) is 5.69 Å². The summed E-state index contributed by atoms with van der Waals surface area (Å²) in [5, 5.41) is 4.24. The van der Waals surface area contributed by atoms with E-state index >= 15 is 0 Å². The number of benzene rings is 2. The molecule has 132 valence electrons. The summed E-state index contributed by atoms with van der Waals surface area (Å²) in [5.74, 6) is -0.344. The first kappa shape index (κ1) is 18.5. The Hall–Kier alpha value is -2.27. The first-order valence-corrected chi connectivity index (χ1v) is 8.77. The molecule has 3 aromatic rings. The summed E-state index contributed by atoms with van der Waals surface area (Å²) in [6.07, 6.45) is 1.49. The lowest BCUT2D eigenvalue weighted by molar-refractivity contribution is 0.102. The highest BCUT2D eigenvalue weighted by atomic mass is 35.5. The zero-order valence-corrected chi connectivity index (χ0v) is 15.6. The van der Waals surface area contributed by atoms with Gasteiger partial charge >= 0.3 is 0 Å². The van der Waals surface area contributed by atoms with E-state index in [1.165, 1.54) is 22.9 Å². The molecule has 0 radical (unpaired) electrons. The molecule has 1 N–H and O–H groups in total. The molecule has 0 aliphatic carbocycles. The quantitative estimate of drug-likeness (QED) is 0.653. The molecule has 0 unspecified atom stereocenters. The molecule has 7 heteroatoms. The number of anilines is 1. The van der Waals surface area contributed by atoms with Crippen LogP contribution < -0.4 is 10.9 Å². The van der Waals surface area contributed by atoms with Crippen molar-refractivity contribution in [2.24, 2.45) is 0 Å². The minimum Gasteiger partial charge on any atom is -0.322 e. The van der Waals surface area contributed by atoms with Crippen molar-refractivity contribution < 1.29 is 4.79 Å². The fourth-order valence-electron chi connectivity index (χ4n) is 2.39. The second-order valence-corrected chi connectivity index (χ2v) is 6.86. The van der Waals surface area contributed by atoms with Gasteiger partial charge in [-0.3, -0.25) is 9.59 Å². The van der Waals surface area contributed by atoms with Gasteiger partial charge in [-0.25, -0.2) is 0 Å². The number of amides is 1. The van der Waals surface area contributed by atoms with E-state index in [1.807, 2.05) is 0 Å². The van der Waals surface area contributed by atoms with Crippen LogP contribution >= 0.6 is 34.8 Å². The Kier molecular flexibility index (Phi) is 5.67. The summed E-state index contributed by atoms with van der Waals surface area (Å²) in [7, 11) is 0. The third-order valence-corrected chi connectivity index (χ3v) is 4.51. The third kappa shape index (κ3) is 4.47. The van der Waals surface area contributed by atoms with Crippen molar-refractivity contribution in [3.05, 3.63) is 97.3 Å². The number of hydrogen-bond donors (Lipinski definition) is 1. The summed E-state index contributed by atoms with van der Waals surface area (Å²) < 4.78 is 1.42. The molecule has 1 amide bonds. The number of carbonyl (C=O) groups is 1. The SMILES string of the molecule is O=C(Nc1cccc(Cl)c1)c1ccc(=O)n(Cc2ccc(Cl)cc2Cl)c1. The average molecular weight is 408 g/mol. The number of aromatic nitrogens is 1. The maximum absolute atomic E-state index is 12.4. The zero-order chi connectivity index (χ0) is 18.7. The predicted octanol–water partition coefficient (Wildman–Crippen LogP) is 5.11. The second kappa shape index (κ2) is 7.96. The topological polar surface area (TPSA) is 51.1 Å². The van der Waals surface area contributed by atoms with Gasteiger partial charge in [0, 0.05) is 33.0 Å². The number of carbonyl (C=O) groups excluding carboxylic acids is 1. The summed E-state index contributed by atoms with van der Waals surface area (Å²) in [6, 6.07) is 14.7. The molecule has 26 heavy (non-hydrogen) atoms. The number of pyridine rings is 1. The Bertz CT molecular complexity index is 1030. The molecule has 3 rings (SSSR count).